The Balaban J connectivity index is 1.51. The molecule has 1 saturated carbocycles. The highest BCUT2D eigenvalue weighted by molar-refractivity contribution is 6.53. The minimum atomic E-state index is -4.76. The molecular formula is C29H22Cl4F5N3O4. The molecule has 3 amide bonds. The van der Waals surface area contributed by atoms with Crippen molar-refractivity contribution in [2.75, 3.05) is 16.0 Å². The van der Waals surface area contributed by atoms with Gasteiger partial charge in [0.05, 0.1) is 32.8 Å². The molecule has 0 unspecified atom stereocenters. The number of anilines is 3. The molecule has 1 aliphatic carbocycles. The van der Waals surface area contributed by atoms with Crippen molar-refractivity contribution in [2.45, 2.75) is 42.8 Å². The Bertz CT molecular complexity index is 1700. The molecule has 0 saturated heterocycles. The zero-order chi connectivity index (χ0) is 33.6. The summed E-state index contributed by atoms with van der Waals surface area (Å²) in [6.45, 7) is 4.65. The molecule has 3 aromatic carbocycles. The van der Waals surface area contributed by atoms with Crippen LogP contribution in [0, 0.1) is 17.6 Å². The minimum absolute atomic E-state index is 0.0169. The highest BCUT2D eigenvalue weighted by atomic mass is 35.5. The molecule has 1 fully saturated rings. The number of alkyl halides is 5. The van der Waals surface area contributed by atoms with Crippen molar-refractivity contribution in [1.29, 1.82) is 0 Å². The zero-order valence-corrected chi connectivity index (χ0v) is 26.3. The maximum atomic E-state index is 15.1. The number of carbonyl (C=O) groups excluding carboxylic acids is 3. The second kappa shape index (κ2) is 12.5. The number of carbonyl (C=O) groups is 3. The van der Waals surface area contributed by atoms with E-state index in [9.17, 15) is 31.9 Å². The van der Waals surface area contributed by atoms with Crippen LogP contribution in [0.4, 0.5) is 43.8 Å². The first-order valence-electron chi connectivity index (χ1n) is 12.8. The van der Waals surface area contributed by atoms with Crippen molar-refractivity contribution in [1.82, 2.24) is 0 Å². The number of nitrogens with one attached hydrogen (secondary N) is 3. The third-order valence-electron chi connectivity index (χ3n) is 6.43. The van der Waals surface area contributed by atoms with E-state index < -0.39 is 79.4 Å². The first kappa shape index (κ1) is 34.6. The molecule has 0 heterocycles. The predicted molar refractivity (Wildman–Crippen MR) is 161 cm³/mol. The second-order valence-electron chi connectivity index (χ2n) is 10.9. The summed E-state index contributed by atoms with van der Waals surface area (Å²) in [6.07, 6.45) is -5.89. The first-order valence-corrected chi connectivity index (χ1v) is 14.4. The van der Waals surface area contributed by atoms with Gasteiger partial charge in [-0.2, -0.15) is 13.2 Å². The van der Waals surface area contributed by atoms with Gasteiger partial charge in [-0.15, -0.1) is 23.2 Å². The van der Waals surface area contributed by atoms with Crippen molar-refractivity contribution in [3.05, 3.63) is 86.9 Å². The molecule has 7 nitrogen and oxygen atoms in total. The molecule has 0 bridgehead atoms. The molecular weight excluding hydrogens is 691 g/mol. The number of hydrogen-bond donors (Lipinski definition) is 3. The summed E-state index contributed by atoms with van der Waals surface area (Å²) in [6, 6.07) is 8.51. The van der Waals surface area contributed by atoms with Crippen molar-refractivity contribution < 1.29 is 41.1 Å². The van der Waals surface area contributed by atoms with E-state index in [-0.39, 0.29) is 21.8 Å². The Labute approximate surface area is 273 Å². The summed E-state index contributed by atoms with van der Waals surface area (Å²) in [5.41, 5.74) is -3.66. The van der Waals surface area contributed by atoms with E-state index in [1.165, 1.54) is 18.2 Å². The van der Waals surface area contributed by atoms with Crippen LogP contribution in [0.1, 0.15) is 48.2 Å². The smallest absolute Gasteiger partial charge is 0.417 e. The monoisotopic (exact) mass is 711 g/mol. The summed E-state index contributed by atoms with van der Waals surface area (Å²) in [5.74, 6) is -6.39. The van der Waals surface area contributed by atoms with Gasteiger partial charge in [0.2, 0.25) is 5.91 Å². The van der Waals surface area contributed by atoms with Crippen LogP contribution in [0.5, 0.6) is 0 Å². The van der Waals surface area contributed by atoms with Gasteiger partial charge in [0.25, 0.3) is 5.91 Å². The molecule has 1 aliphatic rings. The molecule has 3 aromatic rings. The van der Waals surface area contributed by atoms with E-state index in [0.29, 0.717) is 0 Å². The Morgan fingerprint density at radius 2 is 1.51 bits per heavy atom. The fourth-order valence-corrected chi connectivity index (χ4v) is 5.63. The molecule has 4 rings (SSSR count). The topological polar surface area (TPSA) is 96.5 Å². The third-order valence-corrected chi connectivity index (χ3v) is 8.03. The van der Waals surface area contributed by atoms with E-state index in [0.717, 1.165) is 30.3 Å². The predicted octanol–water partition coefficient (Wildman–Crippen LogP) is 9.42. The van der Waals surface area contributed by atoms with Crippen LogP contribution in [-0.4, -0.2) is 27.8 Å². The van der Waals surface area contributed by atoms with Gasteiger partial charge in [-0.1, -0.05) is 29.3 Å². The van der Waals surface area contributed by atoms with E-state index in [1.807, 2.05) is 5.32 Å². The van der Waals surface area contributed by atoms with Crippen LogP contribution in [-0.2, 0) is 15.7 Å². The molecule has 2 atom stereocenters. The molecule has 16 heteroatoms. The quantitative estimate of drug-likeness (QED) is 0.175. The third kappa shape index (κ3) is 7.74. The van der Waals surface area contributed by atoms with Crippen molar-refractivity contribution >= 4 is 81.4 Å². The lowest BCUT2D eigenvalue weighted by Crippen LogP contribution is -2.28. The number of benzene rings is 3. The normalized spacial score (nSPS) is 17.3. The van der Waals surface area contributed by atoms with E-state index >= 15 is 4.39 Å². The summed E-state index contributed by atoms with van der Waals surface area (Å²) in [5, 5.41) is 6.02. The van der Waals surface area contributed by atoms with Gasteiger partial charge in [-0.25, -0.2) is 13.6 Å². The van der Waals surface area contributed by atoms with Gasteiger partial charge < -0.3 is 15.4 Å². The lowest BCUT2D eigenvalue weighted by Gasteiger charge is -2.20. The number of amides is 3. The lowest BCUT2D eigenvalue weighted by molar-refractivity contribution is -0.137. The number of hydrogen-bond acceptors (Lipinski definition) is 4. The molecule has 3 N–H and O–H groups in total. The van der Waals surface area contributed by atoms with Crippen molar-refractivity contribution in [2.24, 2.45) is 5.92 Å². The lowest BCUT2D eigenvalue weighted by atomic mass is 10.0. The molecule has 45 heavy (non-hydrogen) atoms. The summed E-state index contributed by atoms with van der Waals surface area (Å²) < 4.78 is 72.7. The number of rotatable bonds is 6. The second-order valence-corrected chi connectivity index (χ2v) is 13.2. The van der Waals surface area contributed by atoms with E-state index in [2.05, 4.69) is 10.6 Å². The summed E-state index contributed by atoms with van der Waals surface area (Å²) in [4.78, 5) is 38.2. The average Bonchev–Trinajstić information content (AvgIpc) is 3.49. The van der Waals surface area contributed by atoms with Gasteiger partial charge in [-0.3, -0.25) is 14.9 Å². The highest BCUT2D eigenvalue weighted by Crippen LogP contribution is 2.65. The van der Waals surface area contributed by atoms with Crippen LogP contribution in [0.15, 0.2) is 48.5 Å². The average molecular weight is 713 g/mol. The number of ether oxygens (including phenoxy) is 1. The molecule has 0 radical (unpaired) electrons. The van der Waals surface area contributed by atoms with Crippen LogP contribution in [0.3, 0.4) is 0 Å². The van der Waals surface area contributed by atoms with Crippen LogP contribution in [0.2, 0.25) is 10.0 Å². The molecule has 240 valence electrons. The maximum absolute atomic E-state index is 15.1. The van der Waals surface area contributed by atoms with Crippen molar-refractivity contribution in [3.63, 3.8) is 0 Å². The Hall–Kier alpha value is -3.32. The Kier molecular flexibility index (Phi) is 9.57. The summed E-state index contributed by atoms with van der Waals surface area (Å²) in [7, 11) is 0. The fourth-order valence-electron chi connectivity index (χ4n) is 4.38. The van der Waals surface area contributed by atoms with Gasteiger partial charge in [0, 0.05) is 11.6 Å². The zero-order valence-electron chi connectivity index (χ0n) is 23.3. The largest absolute Gasteiger partial charge is 0.444 e. The van der Waals surface area contributed by atoms with E-state index in [1.54, 1.807) is 20.8 Å². The standard InChI is InChI=1S/C29H22Cl4F5N3O4/c1-27(2,3)45-26(44)41-23-18(34)8-9-19(22(23)35)40-24(42)14-11-13(5-7-16(14)30)39-25(43)21-20(28(21,32)33)12-4-6-17(31)15(10-12)29(36,37)38/h4-11,20-21H,1-3H3,(H,39,43)(H,40,42)(H,41,44)/t20-,21+/m0/s1. The van der Waals surface area contributed by atoms with Crippen molar-refractivity contribution in [3.8, 4) is 0 Å². The molecule has 0 spiro atoms. The maximum Gasteiger partial charge on any atom is 0.417 e. The van der Waals surface area contributed by atoms with Gasteiger partial charge in [0.15, 0.2) is 5.82 Å². The first-order chi connectivity index (χ1) is 20.7. The Morgan fingerprint density at radius 3 is 2.13 bits per heavy atom. The van der Waals surface area contributed by atoms with Gasteiger partial charge in [0.1, 0.15) is 21.4 Å². The fraction of sp³-hybridized carbons (Fsp3) is 0.276. The van der Waals surface area contributed by atoms with E-state index in [4.69, 9.17) is 51.1 Å². The van der Waals surface area contributed by atoms with Crippen LogP contribution >= 0.6 is 46.4 Å². The minimum Gasteiger partial charge on any atom is -0.444 e. The Morgan fingerprint density at radius 1 is 0.867 bits per heavy atom. The van der Waals surface area contributed by atoms with Gasteiger partial charge in [-0.05, 0) is 68.8 Å². The van der Waals surface area contributed by atoms with Crippen LogP contribution in [0.25, 0.3) is 0 Å². The van der Waals surface area contributed by atoms with Gasteiger partial charge >= 0.3 is 12.3 Å². The molecule has 0 aliphatic heterocycles. The van der Waals surface area contributed by atoms with Crippen LogP contribution < -0.4 is 16.0 Å². The number of halogens is 9. The highest BCUT2D eigenvalue weighted by Gasteiger charge is 2.67. The molecule has 0 aromatic heterocycles. The summed E-state index contributed by atoms with van der Waals surface area (Å²) >= 11 is 24.4. The SMILES string of the molecule is CC(C)(C)OC(=O)Nc1c(F)ccc(NC(=O)c2cc(NC(=O)[C@H]3[C@H](c4ccc(Cl)c(C(F)(F)F)c4)C3(Cl)Cl)ccc2Cl)c1F.